The van der Waals surface area contributed by atoms with Gasteiger partial charge in [0.05, 0.1) is 6.04 Å². The number of hydrogen-bond acceptors (Lipinski definition) is 3. The molecule has 0 aromatic rings. The molecule has 2 aliphatic rings. The first-order valence-corrected chi connectivity index (χ1v) is 6.00. The van der Waals surface area contributed by atoms with Crippen LogP contribution >= 0.6 is 0 Å². The number of carbonyl (C=O) groups excluding carboxylic acids is 1. The highest BCUT2D eigenvalue weighted by atomic mass is 16.2. The molecule has 3 atom stereocenters. The van der Waals surface area contributed by atoms with Gasteiger partial charge in [0.15, 0.2) is 0 Å². The van der Waals surface area contributed by atoms with Crippen LogP contribution in [0.25, 0.3) is 0 Å². The van der Waals surface area contributed by atoms with Crippen LogP contribution in [0.15, 0.2) is 0 Å². The van der Waals surface area contributed by atoms with Gasteiger partial charge in [-0.25, -0.2) is 5.84 Å². The summed E-state index contributed by atoms with van der Waals surface area (Å²) in [4.78, 5) is 13.9. The van der Waals surface area contributed by atoms with E-state index in [0.29, 0.717) is 6.04 Å². The summed E-state index contributed by atoms with van der Waals surface area (Å²) in [6.45, 7) is 3.01. The summed E-state index contributed by atoms with van der Waals surface area (Å²) in [7, 11) is 0. The maximum atomic E-state index is 11.5. The zero-order valence-electron chi connectivity index (χ0n) is 9.41. The summed E-state index contributed by atoms with van der Waals surface area (Å²) in [5, 5.41) is 0. The monoisotopic (exact) mass is 211 g/mol. The van der Waals surface area contributed by atoms with Crippen molar-refractivity contribution in [1.29, 1.82) is 0 Å². The van der Waals surface area contributed by atoms with Crippen LogP contribution in [0.2, 0.25) is 0 Å². The number of hydrogen-bond donors (Lipinski definition) is 2. The van der Waals surface area contributed by atoms with Crippen molar-refractivity contribution in [3.05, 3.63) is 0 Å². The lowest BCUT2D eigenvalue weighted by Gasteiger charge is -2.40. The standard InChI is InChI=1S/C11H21N3O/c1-8(11(15)13-12)14-7-3-5-9-4-2-6-10(9)14/h8-10H,2-7,12H2,1H3,(H,13,15). The van der Waals surface area contributed by atoms with E-state index in [0.717, 1.165) is 12.5 Å². The Balaban J connectivity index is 2.03. The predicted octanol–water partition coefficient (Wildman–Crippen LogP) is 0.629. The van der Waals surface area contributed by atoms with Gasteiger partial charge in [-0.3, -0.25) is 15.1 Å². The Morgan fingerprint density at radius 1 is 1.40 bits per heavy atom. The van der Waals surface area contributed by atoms with Gasteiger partial charge in [0.2, 0.25) is 0 Å². The number of nitrogens with two attached hydrogens (primary N) is 1. The number of piperidine rings is 1. The number of nitrogens with one attached hydrogen (secondary N) is 1. The van der Waals surface area contributed by atoms with Gasteiger partial charge in [0.1, 0.15) is 0 Å². The number of fused-ring (bicyclic) bond motifs is 1. The van der Waals surface area contributed by atoms with Crippen LogP contribution in [0.3, 0.4) is 0 Å². The van der Waals surface area contributed by atoms with Crippen LogP contribution in [-0.2, 0) is 4.79 Å². The van der Waals surface area contributed by atoms with Crippen molar-refractivity contribution < 1.29 is 4.79 Å². The van der Waals surface area contributed by atoms with Crippen LogP contribution in [-0.4, -0.2) is 29.4 Å². The first-order valence-electron chi connectivity index (χ1n) is 6.00. The third-order valence-corrected chi connectivity index (χ3v) is 4.06. The molecule has 2 fully saturated rings. The molecule has 2 rings (SSSR count). The van der Waals surface area contributed by atoms with Crippen LogP contribution < -0.4 is 11.3 Å². The van der Waals surface area contributed by atoms with Crippen LogP contribution in [0.1, 0.15) is 39.0 Å². The second kappa shape index (κ2) is 4.49. The molecule has 4 heteroatoms. The fourth-order valence-corrected chi connectivity index (χ4v) is 3.24. The van der Waals surface area contributed by atoms with Crippen molar-refractivity contribution in [2.75, 3.05) is 6.54 Å². The number of nitrogens with zero attached hydrogens (tertiary/aromatic N) is 1. The molecule has 3 unspecified atom stereocenters. The Hall–Kier alpha value is -0.610. The number of hydrazine groups is 1. The molecule has 0 radical (unpaired) electrons. The van der Waals surface area contributed by atoms with Gasteiger partial charge in [-0.1, -0.05) is 6.42 Å². The second-order valence-corrected chi connectivity index (χ2v) is 4.82. The van der Waals surface area contributed by atoms with Crippen LogP contribution in [0.4, 0.5) is 0 Å². The molecular weight excluding hydrogens is 190 g/mol. The predicted molar refractivity (Wildman–Crippen MR) is 58.9 cm³/mol. The van der Waals surface area contributed by atoms with E-state index in [1.165, 1.54) is 32.1 Å². The van der Waals surface area contributed by atoms with E-state index >= 15 is 0 Å². The molecular formula is C11H21N3O. The van der Waals surface area contributed by atoms with Crippen molar-refractivity contribution in [2.24, 2.45) is 11.8 Å². The lowest BCUT2D eigenvalue weighted by atomic mass is 9.91. The van der Waals surface area contributed by atoms with Gasteiger partial charge in [-0.2, -0.15) is 0 Å². The summed E-state index contributed by atoms with van der Waals surface area (Å²) in [6, 6.07) is 0.562. The summed E-state index contributed by atoms with van der Waals surface area (Å²) < 4.78 is 0. The zero-order chi connectivity index (χ0) is 10.8. The Labute approximate surface area is 91.2 Å². The third-order valence-electron chi connectivity index (χ3n) is 4.06. The molecule has 1 saturated carbocycles. The van der Waals surface area contributed by atoms with E-state index < -0.39 is 0 Å². The molecule has 1 aliphatic heterocycles. The summed E-state index contributed by atoms with van der Waals surface area (Å²) >= 11 is 0. The maximum absolute atomic E-state index is 11.5. The Morgan fingerprint density at radius 3 is 2.87 bits per heavy atom. The topological polar surface area (TPSA) is 58.4 Å². The van der Waals surface area contributed by atoms with Crippen molar-refractivity contribution in [3.63, 3.8) is 0 Å². The minimum atomic E-state index is -0.0686. The largest absolute Gasteiger partial charge is 0.293 e. The van der Waals surface area contributed by atoms with Gasteiger partial charge in [0, 0.05) is 6.04 Å². The van der Waals surface area contributed by atoms with E-state index in [1.54, 1.807) is 0 Å². The van der Waals surface area contributed by atoms with Gasteiger partial charge in [-0.15, -0.1) is 0 Å². The molecule has 3 N–H and O–H groups in total. The maximum Gasteiger partial charge on any atom is 0.250 e. The van der Waals surface area contributed by atoms with Gasteiger partial charge < -0.3 is 0 Å². The van der Waals surface area contributed by atoms with Crippen LogP contribution in [0, 0.1) is 5.92 Å². The fraction of sp³-hybridized carbons (Fsp3) is 0.909. The molecule has 0 bridgehead atoms. The highest BCUT2D eigenvalue weighted by Crippen LogP contribution is 2.37. The highest BCUT2D eigenvalue weighted by Gasteiger charge is 2.38. The summed E-state index contributed by atoms with van der Waals surface area (Å²) in [6.07, 6.45) is 6.50. The van der Waals surface area contributed by atoms with E-state index in [4.69, 9.17) is 5.84 Å². The number of likely N-dealkylation sites (tertiary alicyclic amines) is 1. The van der Waals surface area contributed by atoms with Crippen molar-refractivity contribution in [1.82, 2.24) is 10.3 Å². The summed E-state index contributed by atoms with van der Waals surface area (Å²) in [5.74, 6) is 5.96. The van der Waals surface area contributed by atoms with Crippen molar-refractivity contribution >= 4 is 5.91 Å². The Bertz CT molecular complexity index is 244. The van der Waals surface area contributed by atoms with E-state index in [-0.39, 0.29) is 11.9 Å². The quantitative estimate of drug-likeness (QED) is 0.400. The normalized spacial score (nSPS) is 33.5. The van der Waals surface area contributed by atoms with E-state index in [2.05, 4.69) is 10.3 Å². The molecule has 15 heavy (non-hydrogen) atoms. The van der Waals surface area contributed by atoms with Crippen LogP contribution in [0.5, 0.6) is 0 Å². The average molecular weight is 211 g/mol. The van der Waals surface area contributed by atoms with E-state index in [1.807, 2.05) is 6.92 Å². The highest BCUT2D eigenvalue weighted by molar-refractivity contribution is 5.80. The molecule has 1 aliphatic carbocycles. The van der Waals surface area contributed by atoms with Crippen molar-refractivity contribution in [3.8, 4) is 0 Å². The molecule has 86 valence electrons. The molecule has 4 nitrogen and oxygen atoms in total. The number of rotatable bonds is 2. The molecule has 0 aromatic heterocycles. The lowest BCUT2D eigenvalue weighted by Crippen LogP contribution is -2.54. The molecule has 1 saturated heterocycles. The molecule has 1 heterocycles. The minimum absolute atomic E-state index is 0.0532. The molecule has 1 amide bonds. The van der Waals surface area contributed by atoms with Crippen molar-refractivity contribution in [2.45, 2.75) is 51.1 Å². The van der Waals surface area contributed by atoms with Gasteiger partial charge in [-0.05, 0) is 45.1 Å². The second-order valence-electron chi connectivity index (χ2n) is 4.82. The molecule has 0 spiro atoms. The SMILES string of the molecule is CC(C(=O)NN)N1CCCC2CCCC21. The van der Waals surface area contributed by atoms with Gasteiger partial charge >= 0.3 is 0 Å². The van der Waals surface area contributed by atoms with E-state index in [9.17, 15) is 4.79 Å². The first-order chi connectivity index (χ1) is 7.24. The molecule has 0 aromatic carbocycles. The Kier molecular flexibility index (Phi) is 3.26. The average Bonchev–Trinajstić information content (AvgIpc) is 2.74. The fourth-order valence-electron chi connectivity index (χ4n) is 3.24. The zero-order valence-corrected chi connectivity index (χ0v) is 9.41. The lowest BCUT2D eigenvalue weighted by molar-refractivity contribution is -0.127. The van der Waals surface area contributed by atoms with Gasteiger partial charge in [0.25, 0.3) is 5.91 Å². The number of carbonyl (C=O) groups is 1. The minimum Gasteiger partial charge on any atom is -0.293 e. The smallest absolute Gasteiger partial charge is 0.250 e. The first kappa shape index (κ1) is 10.9. The number of amides is 1. The summed E-state index contributed by atoms with van der Waals surface area (Å²) in [5.41, 5.74) is 2.26. The third kappa shape index (κ3) is 2.01. The Morgan fingerprint density at radius 2 is 2.13 bits per heavy atom.